The molecule has 4 N–H and O–H groups in total. The van der Waals surface area contributed by atoms with E-state index >= 15 is 0 Å². The van der Waals surface area contributed by atoms with Crippen molar-refractivity contribution in [3.63, 3.8) is 0 Å². The summed E-state index contributed by atoms with van der Waals surface area (Å²) in [5.41, 5.74) is 0. The van der Waals surface area contributed by atoms with Gasteiger partial charge in [-0.25, -0.2) is 9.52 Å². The van der Waals surface area contributed by atoms with Gasteiger partial charge < -0.3 is 4.74 Å². The van der Waals surface area contributed by atoms with Crippen molar-refractivity contribution < 1.29 is 17.9 Å². The molecule has 0 aromatic rings. The quantitative estimate of drug-likeness (QED) is 0.390. The molecule has 0 saturated carbocycles. The molecule has 0 fully saturated rings. The van der Waals surface area contributed by atoms with Crippen molar-refractivity contribution in [3.05, 3.63) is 0 Å². The van der Waals surface area contributed by atoms with Crippen LogP contribution in [0.1, 0.15) is 13.8 Å². The van der Waals surface area contributed by atoms with Gasteiger partial charge in [-0.2, -0.15) is 8.42 Å². The average molecular weight is 197 g/mol. The topological polar surface area (TPSA) is 111 Å². The van der Waals surface area contributed by atoms with Crippen molar-refractivity contribution in [2.45, 2.75) is 20.0 Å². The lowest BCUT2D eigenvalue weighted by molar-refractivity contribution is 0.121. The summed E-state index contributed by atoms with van der Waals surface area (Å²) in [6.07, 6.45) is -1.46. The third-order valence-corrected chi connectivity index (χ3v) is 1.46. The van der Waals surface area contributed by atoms with Crippen molar-refractivity contribution in [1.82, 2.24) is 9.55 Å². The number of hydrogen-bond acceptors (Lipinski definition) is 5. The predicted molar refractivity (Wildman–Crippen MR) is 41.0 cm³/mol. The Labute approximate surface area is 70.4 Å². The Balaban J connectivity index is 4.02. The van der Waals surface area contributed by atoms with E-state index in [9.17, 15) is 13.2 Å². The van der Waals surface area contributed by atoms with Gasteiger partial charge in [0.05, 0.1) is 6.10 Å². The van der Waals surface area contributed by atoms with Crippen molar-refractivity contribution in [2.24, 2.45) is 5.84 Å². The van der Waals surface area contributed by atoms with E-state index in [0.717, 1.165) is 0 Å². The summed E-state index contributed by atoms with van der Waals surface area (Å²) in [5, 5.41) is 0. The van der Waals surface area contributed by atoms with E-state index < -0.39 is 22.4 Å². The molecule has 0 bridgehead atoms. The van der Waals surface area contributed by atoms with Gasteiger partial charge in [0.25, 0.3) is 0 Å². The Morgan fingerprint density at radius 3 is 2.33 bits per heavy atom. The molecule has 8 heteroatoms. The van der Waals surface area contributed by atoms with Crippen LogP contribution in [0.25, 0.3) is 0 Å². The highest BCUT2D eigenvalue weighted by Crippen LogP contribution is 1.88. The lowest BCUT2D eigenvalue weighted by Gasteiger charge is -2.08. The molecule has 0 aliphatic rings. The zero-order chi connectivity index (χ0) is 9.78. The van der Waals surface area contributed by atoms with Gasteiger partial charge in [-0.15, -0.1) is 4.83 Å². The Morgan fingerprint density at radius 2 is 2.00 bits per heavy atom. The number of nitrogens with one attached hydrogen (secondary N) is 2. The Hall–Kier alpha value is -0.860. The van der Waals surface area contributed by atoms with Gasteiger partial charge in [-0.05, 0) is 13.8 Å². The molecule has 0 aromatic carbocycles. The predicted octanol–water partition coefficient (Wildman–Crippen LogP) is -1.17. The van der Waals surface area contributed by atoms with Crippen LogP contribution in [0.2, 0.25) is 0 Å². The second-order valence-electron chi connectivity index (χ2n) is 2.18. The number of carbonyl (C=O) groups is 1. The van der Waals surface area contributed by atoms with Gasteiger partial charge in [0.2, 0.25) is 0 Å². The number of ether oxygens (including phenoxy) is 1. The van der Waals surface area contributed by atoms with E-state index in [2.05, 4.69) is 10.6 Å². The molecule has 0 heterocycles. The average Bonchev–Trinajstić information content (AvgIpc) is 1.84. The maximum Gasteiger partial charge on any atom is 0.422 e. The van der Waals surface area contributed by atoms with Gasteiger partial charge in [-0.3, -0.25) is 5.84 Å². The van der Waals surface area contributed by atoms with Gasteiger partial charge in [0.1, 0.15) is 0 Å². The molecule has 72 valence electrons. The molecule has 1 amide bonds. The monoisotopic (exact) mass is 197 g/mol. The van der Waals surface area contributed by atoms with E-state index in [1.807, 2.05) is 0 Å². The minimum absolute atomic E-state index is 0.391. The molecule has 12 heavy (non-hydrogen) atoms. The van der Waals surface area contributed by atoms with Gasteiger partial charge >= 0.3 is 16.3 Å². The van der Waals surface area contributed by atoms with Crippen molar-refractivity contribution >= 4 is 16.3 Å². The summed E-state index contributed by atoms with van der Waals surface area (Å²) < 4.78 is 27.1. The van der Waals surface area contributed by atoms with Crippen molar-refractivity contribution in [1.29, 1.82) is 0 Å². The smallest absolute Gasteiger partial charge is 0.422 e. The first kappa shape index (κ1) is 11.1. The number of carbonyl (C=O) groups excluding carboxylic acids is 1. The van der Waals surface area contributed by atoms with Gasteiger partial charge in [0.15, 0.2) is 0 Å². The molecule has 0 aliphatic carbocycles. The number of hydrogen-bond donors (Lipinski definition) is 3. The Morgan fingerprint density at radius 1 is 1.50 bits per heavy atom. The molecule has 0 rings (SSSR count). The van der Waals surface area contributed by atoms with E-state index in [0.29, 0.717) is 0 Å². The number of amides is 1. The molecule has 0 spiro atoms. The molecule has 0 radical (unpaired) electrons. The summed E-state index contributed by atoms with van der Waals surface area (Å²) in [6.45, 7) is 3.17. The van der Waals surface area contributed by atoms with Gasteiger partial charge in [-0.1, -0.05) is 0 Å². The zero-order valence-corrected chi connectivity index (χ0v) is 7.51. The van der Waals surface area contributed by atoms with E-state index in [1.54, 1.807) is 13.8 Å². The van der Waals surface area contributed by atoms with E-state index in [-0.39, 0.29) is 0 Å². The molecule has 0 atom stereocenters. The highest BCUT2D eigenvalue weighted by molar-refractivity contribution is 7.88. The van der Waals surface area contributed by atoms with E-state index in [1.165, 1.54) is 9.55 Å². The minimum Gasteiger partial charge on any atom is -0.446 e. The van der Waals surface area contributed by atoms with Crippen molar-refractivity contribution in [2.75, 3.05) is 0 Å². The minimum atomic E-state index is -3.96. The zero-order valence-electron chi connectivity index (χ0n) is 6.70. The molecule has 0 aliphatic heterocycles. The SMILES string of the molecule is CC(C)OC(=O)NS(=O)(=O)NN. The Bertz CT molecular complexity index is 247. The molecule has 0 saturated heterocycles. The highest BCUT2D eigenvalue weighted by Gasteiger charge is 2.13. The van der Waals surface area contributed by atoms with Crippen LogP contribution in [0.4, 0.5) is 4.79 Å². The maximum absolute atomic E-state index is 10.6. The van der Waals surface area contributed by atoms with Crippen LogP contribution in [0.3, 0.4) is 0 Å². The summed E-state index contributed by atoms with van der Waals surface area (Å²) in [7, 11) is -3.96. The summed E-state index contributed by atoms with van der Waals surface area (Å²) in [4.78, 5) is 12.0. The maximum atomic E-state index is 10.6. The van der Waals surface area contributed by atoms with E-state index in [4.69, 9.17) is 0 Å². The first-order chi connectivity index (χ1) is 5.37. The third kappa shape index (κ3) is 4.88. The Kier molecular flexibility index (Phi) is 3.93. The fourth-order valence-electron chi connectivity index (χ4n) is 0.377. The second-order valence-corrected chi connectivity index (χ2v) is 3.62. The molecule has 0 unspecified atom stereocenters. The summed E-state index contributed by atoms with van der Waals surface area (Å²) in [5.74, 6) is 4.58. The van der Waals surface area contributed by atoms with Crippen LogP contribution in [-0.4, -0.2) is 20.6 Å². The fraction of sp³-hybridized carbons (Fsp3) is 0.750. The highest BCUT2D eigenvalue weighted by atomic mass is 32.2. The second kappa shape index (κ2) is 4.24. The third-order valence-electron chi connectivity index (χ3n) is 0.716. The number of rotatable bonds is 3. The van der Waals surface area contributed by atoms with Crippen LogP contribution in [0, 0.1) is 0 Å². The van der Waals surface area contributed by atoms with Crippen LogP contribution in [0.15, 0.2) is 0 Å². The molecule has 0 aromatic heterocycles. The number of nitrogens with two attached hydrogens (primary N) is 1. The lowest BCUT2D eigenvalue weighted by Crippen LogP contribution is -2.44. The van der Waals surface area contributed by atoms with Crippen LogP contribution >= 0.6 is 0 Å². The number of hydrazine groups is 1. The first-order valence-corrected chi connectivity index (χ1v) is 4.56. The molecular weight excluding hydrogens is 186 g/mol. The summed E-state index contributed by atoms with van der Waals surface area (Å²) in [6, 6.07) is 0. The molecule has 7 nitrogen and oxygen atoms in total. The molecular formula is C4H11N3O4S. The van der Waals surface area contributed by atoms with Crippen LogP contribution in [-0.2, 0) is 14.9 Å². The standard InChI is InChI=1S/C4H11N3O4S/c1-3(2)11-4(8)6-12(9,10)7-5/h3,7H,5H2,1-2H3,(H,6,8). The summed E-state index contributed by atoms with van der Waals surface area (Å²) >= 11 is 0. The first-order valence-electron chi connectivity index (χ1n) is 3.08. The van der Waals surface area contributed by atoms with Crippen LogP contribution < -0.4 is 15.4 Å². The lowest BCUT2D eigenvalue weighted by atomic mass is 10.5. The largest absolute Gasteiger partial charge is 0.446 e. The van der Waals surface area contributed by atoms with Gasteiger partial charge in [0, 0.05) is 0 Å². The normalized spacial score (nSPS) is 11.3. The fourth-order valence-corrected chi connectivity index (χ4v) is 0.704. The van der Waals surface area contributed by atoms with Crippen LogP contribution in [0.5, 0.6) is 0 Å². The van der Waals surface area contributed by atoms with Crippen molar-refractivity contribution in [3.8, 4) is 0 Å².